The quantitative estimate of drug-likeness (QED) is 0.549. The highest BCUT2D eigenvalue weighted by molar-refractivity contribution is 5.69. The van der Waals surface area contributed by atoms with Gasteiger partial charge < -0.3 is 19.7 Å². The van der Waals surface area contributed by atoms with Crippen LogP contribution in [-0.2, 0) is 14.3 Å². The number of ether oxygens (including phenoxy) is 2. The van der Waals surface area contributed by atoms with Crippen molar-refractivity contribution < 1.29 is 24.5 Å². The monoisotopic (exact) mass is 406 g/mol. The van der Waals surface area contributed by atoms with Gasteiger partial charge in [-0.1, -0.05) is 33.9 Å². The zero-order chi connectivity index (χ0) is 21.5. The minimum Gasteiger partial charge on any atom is -0.457 e. The van der Waals surface area contributed by atoms with Crippen LogP contribution in [0.4, 0.5) is 0 Å². The Labute approximate surface area is 175 Å². The number of aliphatic hydroxyl groups is 2. The molecule has 1 saturated carbocycles. The van der Waals surface area contributed by atoms with Gasteiger partial charge in [-0.25, -0.2) is 0 Å². The topological polar surface area (TPSA) is 76.0 Å². The summed E-state index contributed by atoms with van der Waals surface area (Å²) in [5, 5.41) is 21.3. The summed E-state index contributed by atoms with van der Waals surface area (Å²) in [5.41, 5.74) is 0.725. The van der Waals surface area contributed by atoms with Gasteiger partial charge in [0, 0.05) is 18.3 Å². The van der Waals surface area contributed by atoms with Crippen molar-refractivity contribution in [2.75, 3.05) is 0 Å². The second-order valence-corrected chi connectivity index (χ2v) is 9.89. The molecule has 2 aliphatic heterocycles. The van der Waals surface area contributed by atoms with E-state index in [4.69, 9.17) is 9.47 Å². The number of aliphatic hydroxyl groups excluding tert-OH is 2. The molecule has 5 heteroatoms. The first kappa shape index (κ1) is 22.5. The molecule has 1 aliphatic carbocycles. The fourth-order valence-corrected chi connectivity index (χ4v) is 5.80. The van der Waals surface area contributed by atoms with Crippen LogP contribution < -0.4 is 0 Å². The van der Waals surface area contributed by atoms with E-state index in [1.54, 1.807) is 0 Å². The molecule has 3 rings (SSSR count). The Morgan fingerprint density at radius 2 is 2.00 bits per heavy atom. The van der Waals surface area contributed by atoms with Crippen molar-refractivity contribution in [3.8, 4) is 0 Å². The molecule has 164 valence electrons. The summed E-state index contributed by atoms with van der Waals surface area (Å²) in [6.07, 6.45) is 1.61. The Bertz CT molecular complexity index is 656. The summed E-state index contributed by atoms with van der Waals surface area (Å²) in [6.45, 7) is 16.6. The third-order valence-electron chi connectivity index (χ3n) is 7.44. The first-order chi connectivity index (χ1) is 13.6. The van der Waals surface area contributed by atoms with Crippen LogP contribution >= 0.6 is 0 Å². The van der Waals surface area contributed by atoms with Crippen molar-refractivity contribution >= 4 is 5.97 Å². The van der Waals surface area contributed by atoms with Gasteiger partial charge in [0.05, 0.1) is 18.3 Å². The van der Waals surface area contributed by atoms with Crippen LogP contribution in [0.2, 0.25) is 0 Å². The van der Waals surface area contributed by atoms with E-state index in [-0.39, 0.29) is 35.9 Å². The third-order valence-corrected chi connectivity index (χ3v) is 7.44. The van der Waals surface area contributed by atoms with E-state index in [0.29, 0.717) is 38.0 Å². The van der Waals surface area contributed by atoms with Crippen LogP contribution in [-0.4, -0.2) is 46.2 Å². The van der Waals surface area contributed by atoms with Gasteiger partial charge in [0.2, 0.25) is 0 Å². The fourth-order valence-electron chi connectivity index (χ4n) is 5.80. The summed E-state index contributed by atoms with van der Waals surface area (Å²) in [7, 11) is 0. The smallest absolute Gasteiger partial charge is 0.306 e. The maximum atomic E-state index is 12.5. The Morgan fingerprint density at radius 1 is 1.31 bits per heavy atom. The number of rotatable bonds is 4. The highest BCUT2D eigenvalue weighted by atomic mass is 16.6. The highest BCUT2D eigenvalue weighted by Crippen LogP contribution is 2.55. The van der Waals surface area contributed by atoms with Crippen LogP contribution in [0.3, 0.4) is 0 Å². The molecule has 2 N–H and O–H groups in total. The maximum absolute atomic E-state index is 12.5. The Morgan fingerprint density at radius 3 is 2.62 bits per heavy atom. The molecule has 3 aliphatic rings. The van der Waals surface area contributed by atoms with Crippen molar-refractivity contribution in [3.05, 3.63) is 24.3 Å². The van der Waals surface area contributed by atoms with Crippen LogP contribution in [0, 0.1) is 23.7 Å². The summed E-state index contributed by atoms with van der Waals surface area (Å²) >= 11 is 0. The van der Waals surface area contributed by atoms with Gasteiger partial charge in [-0.15, -0.1) is 0 Å². The largest absolute Gasteiger partial charge is 0.457 e. The number of carbonyl (C=O) groups is 1. The normalized spacial score (nSPS) is 42.8. The van der Waals surface area contributed by atoms with E-state index < -0.39 is 17.8 Å². The lowest BCUT2D eigenvalue weighted by atomic mass is 9.60. The van der Waals surface area contributed by atoms with Gasteiger partial charge in [0.1, 0.15) is 11.7 Å². The molecule has 3 fully saturated rings. The molecule has 0 aromatic carbocycles. The van der Waals surface area contributed by atoms with Crippen LogP contribution in [0.1, 0.15) is 66.2 Å². The van der Waals surface area contributed by atoms with Gasteiger partial charge in [-0.3, -0.25) is 4.79 Å². The predicted octanol–water partition coefficient (Wildman–Crippen LogP) is 3.78. The molecule has 2 heterocycles. The number of hydrogen-bond acceptors (Lipinski definition) is 5. The Hall–Kier alpha value is -1.17. The second-order valence-electron chi connectivity index (χ2n) is 9.89. The lowest BCUT2D eigenvalue weighted by Gasteiger charge is -2.46. The van der Waals surface area contributed by atoms with Crippen molar-refractivity contribution in [2.24, 2.45) is 23.7 Å². The average Bonchev–Trinajstić information content (AvgIpc) is 3.03. The molecule has 5 nitrogen and oxygen atoms in total. The maximum Gasteiger partial charge on any atom is 0.306 e. The van der Waals surface area contributed by atoms with Gasteiger partial charge in [0.25, 0.3) is 0 Å². The molecule has 2 saturated heterocycles. The Kier molecular flexibility index (Phi) is 6.62. The zero-order valence-corrected chi connectivity index (χ0v) is 18.4. The zero-order valence-electron chi connectivity index (χ0n) is 18.4. The predicted molar refractivity (Wildman–Crippen MR) is 112 cm³/mol. The number of esters is 1. The number of hydrogen-bond donors (Lipinski definition) is 2. The molecule has 0 spiro atoms. The summed E-state index contributed by atoms with van der Waals surface area (Å²) < 4.78 is 12.7. The van der Waals surface area contributed by atoms with E-state index >= 15 is 0 Å². The summed E-state index contributed by atoms with van der Waals surface area (Å²) in [6, 6.07) is 0. The van der Waals surface area contributed by atoms with E-state index in [9.17, 15) is 15.0 Å². The van der Waals surface area contributed by atoms with E-state index in [2.05, 4.69) is 27.0 Å². The minimum absolute atomic E-state index is 0.0256. The average molecular weight is 407 g/mol. The Balaban J connectivity index is 2.04. The fraction of sp³-hybridized carbons (Fsp3) is 0.792. The molecular formula is C24H38O5. The van der Waals surface area contributed by atoms with Gasteiger partial charge in [-0.05, 0) is 62.0 Å². The summed E-state index contributed by atoms with van der Waals surface area (Å²) in [5.74, 6) is 0.488. The van der Waals surface area contributed by atoms with Crippen molar-refractivity contribution in [1.29, 1.82) is 0 Å². The molecule has 0 amide bonds. The van der Waals surface area contributed by atoms with Crippen molar-refractivity contribution in [3.63, 3.8) is 0 Å². The number of carbonyl (C=O) groups excluding carboxylic acids is 1. The third kappa shape index (κ3) is 4.19. The highest BCUT2D eigenvalue weighted by Gasteiger charge is 2.60. The lowest BCUT2D eigenvalue weighted by Crippen LogP contribution is -2.52. The molecular weight excluding hydrogens is 368 g/mol. The first-order valence-corrected chi connectivity index (χ1v) is 11.2. The van der Waals surface area contributed by atoms with Gasteiger partial charge in [0.15, 0.2) is 0 Å². The van der Waals surface area contributed by atoms with E-state index in [1.807, 2.05) is 13.8 Å². The molecule has 8 atom stereocenters. The molecule has 0 aromatic heterocycles. The first-order valence-electron chi connectivity index (χ1n) is 11.2. The van der Waals surface area contributed by atoms with Gasteiger partial charge in [-0.2, -0.15) is 0 Å². The number of fused-ring (bicyclic) bond motifs is 5. The van der Waals surface area contributed by atoms with Crippen LogP contribution in [0.15, 0.2) is 24.3 Å². The molecule has 0 radical (unpaired) electrons. The van der Waals surface area contributed by atoms with E-state index in [1.165, 1.54) is 0 Å². The minimum atomic E-state index is -0.828. The SMILES string of the molecule is C=C1CC2OC(C3C(C(C)C)CC(O)C(=C)C23)C(C)(OC(=O)CCC)CCC1O. The molecule has 8 unspecified atom stereocenters. The van der Waals surface area contributed by atoms with Crippen molar-refractivity contribution in [1.82, 2.24) is 0 Å². The summed E-state index contributed by atoms with van der Waals surface area (Å²) in [4.78, 5) is 12.5. The van der Waals surface area contributed by atoms with Crippen LogP contribution in [0.25, 0.3) is 0 Å². The second kappa shape index (κ2) is 8.52. The van der Waals surface area contributed by atoms with E-state index in [0.717, 1.165) is 17.6 Å². The lowest BCUT2D eigenvalue weighted by molar-refractivity contribution is -0.182. The van der Waals surface area contributed by atoms with Gasteiger partial charge >= 0.3 is 5.97 Å². The molecule has 29 heavy (non-hydrogen) atoms. The molecule has 0 aromatic rings. The molecule has 2 bridgehead atoms. The standard InChI is InChI=1S/C24H38O5/c1-7-8-20(27)29-24(6)10-9-17(25)14(4)11-19-21-15(5)18(26)12-16(13(2)3)22(21)23(24)28-19/h13,16-19,21-23,25-26H,4-5,7-12H2,1-3,6H3. The van der Waals surface area contributed by atoms with Crippen molar-refractivity contribution in [2.45, 2.75) is 96.2 Å². The van der Waals surface area contributed by atoms with Crippen LogP contribution in [0.5, 0.6) is 0 Å².